The number of nitrogens with two attached hydrogens (primary N) is 1. The molecule has 1 amide bonds. The van der Waals surface area contributed by atoms with Gasteiger partial charge in [0.05, 0.1) is 43.8 Å². The van der Waals surface area contributed by atoms with Gasteiger partial charge in [-0.05, 0) is 64.6 Å². The molecule has 4 heterocycles. The van der Waals surface area contributed by atoms with E-state index in [0.717, 1.165) is 26.4 Å². The summed E-state index contributed by atoms with van der Waals surface area (Å²) in [6.07, 6.45) is 4.19. The molecule has 3 aromatic carbocycles. The maximum Gasteiger partial charge on any atom is 0.269 e. The van der Waals surface area contributed by atoms with Crippen LogP contribution in [0.2, 0.25) is 5.02 Å². The van der Waals surface area contributed by atoms with Gasteiger partial charge in [-0.3, -0.25) is 25.0 Å². The monoisotopic (exact) mass is 862 g/mol. The number of non-ortho nitro benzene ring substituents is 2. The van der Waals surface area contributed by atoms with E-state index in [2.05, 4.69) is 15.3 Å². The summed E-state index contributed by atoms with van der Waals surface area (Å²) in [6.45, 7) is 0. The Kier molecular flexibility index (Phi) is 14.2. The Morgan fingerprint density at radius 3 is 1.78 bits per heavy atom. The summed E-state index contributed by atoms with van der Waals surface area (Å²) >= 11 is 9.08. The van der Waals surface area contributed by atoms with Crippen LogP contribution in [0.3, 0.4) is 0 Å². The fourth-order valence-electron chi connectivity index (χ4n) is 5.34. The van der Waals surface area contributed by atoms with Crippen LogP contribution in [0, 0.1) is 20.2 Å². The second kappa shape index (κ2) is 19.2. The molecule has 0 saturated carbocycles. The number of rotatable bonds is 13. The van der Waals surface area contributed by atoms with Crippen LogP contribution in [-0.2, 0) is 24.1 Å². The minimum atomic E-state index is -0.472. The molecule has 7 rings (SSSR count). The Morgan fingerprint density at radius 2 is 1.27 bits per heavy atom. The zero-order chi connectivity index (χ0) is 38.0. The number of nitrogens with one attached hydrogen (secondary N) is 1. The first-order valence-corrected chi connectivity index (χ1v) is 18.5. The molecule has 0 aliphatic carbocycles. The molecule has 0 radical (unpaired) electrons. The summed E-state index contributed by atoms with van der Waals surface area (Å²) in [4.78, 5) is 44.3. The second-order valence-electron chi connectivity index (χ2n) is 11.9. The van der Waals surface area contributed by atoms with Crippen molar-refractivity contribution >= 4 is 68.5 Å². The number of thiophene rings is 2. The molecule has 2 atom stereocenters. The van der Waals surface area contributed by atoms with E-state index in [9.17, 15) is 25.0 Å². The lowest BCUT2D eigenvalue weighted by Crippen LogP contribution is -2.31. The van der Waals surface area contributed by atoms with E-state index >= 15 is 0 Å². The van der Waals surface area contributed by atoms with Gasteiger partial charge in [0.2, 0.25) is 17.7 Å². The van der Waals surface area contributed by atoms with Crippen molar-refractivity contribution in [2.45, 2.75) is 31.3 Å². The molecular formula is C38H32BrClN6O7S2. The van der Waals surface area contributed by atoms with E-state index in [-0.39, 0.29) is 46.7 Å². The quantitative estimate of drug-likeness (QED) is 0.0833. The molecule has 0 saturated heterocycles. The first-order valence-electron chi connectivity index (χ1n) is 16.4. The molecule has 7 aromatic rings. The molecular weight excluding hydrogens is 832 g/mol. The van der Waals surface area contributed by atoms with Crippen LogP contribution in [0.4, 0.5) is 11.4 Å². The van der Waals surface area contributed by atoms with Crippen molar-refractivity contribution in [3.63, 3.8) is 0 Å². The van der Waals surface area contributed by atoms with E-state index in [0.29, 0.717) is 41.0 Å². The number of nitro benzene ring substituents is 2. The summed E-state index contributed by atoms with van der Waals surface area (Å²) in [7, 11) is 0. The summed E-state index contributed by atoms with van der Waals surface area (Å²) in [5, 5.41) is 29.0. The standard InChI is InChI=1S/C23H18ClN3O4S.C15H13N3O3S.BrH/c24-17-4-1-3-16(11-17)13-22(28)25-19(12-15-6-8-18(9-7-15)27(29)30)20-14-31-23(26-20)21-5-2-10-32-21;16-12(8-10-3-5-11(6-4-10)18(19)20)13-9-21-15(17-13)14-2-1-7-22-14;/h1-11,14,19H,12-13H2,(H,25,28);1-7,9,12H,8,16H2;1H/t19-;12-;/m00./s1. The van der Waals surface area contributed by atoms with Crippen molar-refractivity contribution in [2.75, 3.05) is 0 Å². The van der Waals surface area contributed by atoms with Crippen LogP contribution in [0.5, 0.6) is 0 Å². The highest BCUT2D eigenvalue weighted by Gasteiger charge is 2.21. The number of hydrogen-bond acceptors (Lipinski definition) is 12. The maximum atomic E-state index is 12.8. The molecule has 0 unspecified atom stereocenters. The van der Waals surface area contributed by atoms with Gasteiger partial charge in [0.15, 0.2) is 0 Å². The Bertz CT molecular complexity index is 2320. The van der Waals surface area contributed by atoms with Crippen molar-refractivity contribution in [1.29, 1.82) is 0 Å². The zero-order valence-corrected chi connectivity index (χ0v) is 32.8. The van der Waals surface area contributed by atoms with E-state index in [1.54, 1.807) is 60.1 Å². The van der Waals surface area contributed by atoms with Gasteiger partial charge in [0.25, 0.3) is 11.4 Å². The number of oxazole rings is 2. The maximum absolute atomic E-state index is 12.8. The van der Waals surface area contributed by atoms with Crippen molar-refractivity contribution in [3.8, 4) is 21.5 Å². The number of carbonyl (C=O) groups excluding carboxylic acids is 1. The average molecular weight is 864 g/mol. The molecule has 4 aromatic heterocycles. The topological polar surface area (TPSA) is 193 Å². The Hall–Kier alpha value is -5.52. The van der Waals surface area contributed by atoms with Crippen LogP contribution in [-0.4, -0.2) is 25.7 Å². The van der Waals surface area contributed by atoms with E-state index in [4.69, 9.17) is 26.2 Å². The van der Waals surface area contributed by atoms with Crippen molar-refractivity contribution < 1.29 is 23.5 Å². The Balaban J connectivity index is 0.000000221. The smallest absolute Gasteiger partial charge is 0.269 e. The third-order valence-corrected chi connectivity index (χ3v) is 9.97. The van der Waals surface area contributed by atoms with E-state index in [1.165, 1.54) is 41.9 Å². The zero-order valence-electron chi connectivity index (χ0n) is 28.6. The molecule has 0 aliphatic rings. The van der Waals surface area contributed by atoms with Gasteiger partial charge in [-0.25, -0.2) is 9.97 Å². The van der Waals surface area contributed by atoms with Gasteiger partial charge < -0.3 is 19.9 Å². The first-order chi connectivity index (χ1) is 26.1. The molecule has 0 spiro atoms. The number of benzene rings is 3. The van der Waals surface area contributed by atoms with Gasteiger partial charge >= 0.3 is 0 Å². The predicted octanol–water partition coefficient (Wildman–Crippen LogP) is 9.74. The van der Waals surface area contributed by atoms with Crippen LogP contribution < -0.4 is 11.1 Å². The first kappa shape index (κ1) is 40.7. The fraction of sp³-hybridized carbons (Fsp3) is 0.132. The molecule has 282 valence electrons. The number of aromatic nitrogens is 2. The van der Waals surface area contributed by atoms with Crippen LogP contribution in [0.25, 0.3) is 21.5 Å². The van der Waals surface area contributed by atoms with Crippen molar-refractivity contribution in [3.05, 3.63) is 174 Å². The van der Waals surface area contributed by atoms with Gasteiger partial charge in [-0.1, -0.05) is 60.1 Å². The predicted molar refractivity (Wildman–Crippen MR) is 217 cm³/mol. The second-order valence-corrected chi connectivity index (χ2v) is 14.2. The van der Waals surface area contributed by atoms with Gasteiger partial charge in [0, 0.05) is 29.3 Å². The lowest BCUT2D eigenvalue weighted by molar-refractivity contribution is -0.385. The number of carbonyl (C=O) groups is 1. The summed E-state index contributed by atoms with van der Waals surface area (Å²) < 4.78 is 11.1. The SMILES string of the molecule is Br.N[C@@H](Cc1ccc([N+](=O)[O-])cc1)c1coc(-c2cccs2)n1.O=C(Cc1cccc(Cl)c1)N[C@@H](Cc1ccc([N+](=O)[O-])cc1)c1coc(-c2cccs2)n1. The lowest BCUT2D eigenvalue weighted by Gasteiger charge is -2.17. The van der Waals surface area contributed by atoms with E-state index < -0.39 is 15.9 Å². The highest BCUT2D eigenvalue weighted by molar-refractivity contribution is 8.93. The highest BCUT2D eigenvalue weighted by Crippen LogP contribution is 2.28. The molecule has 13 nitrogen and oxygen atoms in total. The third-order valence-electron chi connectivity index (χ3n) is 8.02. The summed E-state index contributed by atoms with van der Waals surface area (Å²) in [5.41, 5.74) is 10.00. The third kappa shape index (κ3) is 11.3. The molecule has 55 heavy (non-hydrogen) atoms. The number of halogens is 2. The van der Waals surface area contributed by atoms with Crippen molar-refractivity contribution in [1.82, 2.24) is 15.3 Å². The fourth-order valence-corrected chi connectivity index (χ4v) is 6.86. The largest absolute Gasteiger partial charge is 0.443 e. The van der Waals surface area contributed by atoms with Crippen molar-refractivity contribution in [2.24, 2.45) is 5.73 Å². The number of amides is 1. The van der Waals surface area contributed by atoms with Gasteiger partial charge in [0.1, 0.15) is 18.2 Å². The number of nitro groups is 2. The lowest BCUT2D eigenvalue weighted by atomic mass is 10.0. The van der Waals surface area contributed by atoms with Crippen LogP contribution in [0.15, 0.2) is 129 Å². The highest BCUT2D eigenvalue weighted by atomic mass is 79.9. The normalized spacial score (nSPS) is 11.7. The minimum Gasteiger partial charge on any atom is -0.443 e. The Labute approximate surface area is 337 Å². The summed E-state index contributed by atoms with van der Waals surface area (Å²) in [6, 6.07) is 26.6. The van der Waals surface area contributed by atoms with Crippen LogP contribution >= 0.6 is 51.3 Å². The molecule has 0 aliphatic heterocycles. The average Bonchev–Trinajstić information content (AvgIpc) is 4.00. The number of nitrogens with zero attached hydrogens (tertiary/aromatic N) is 4. The van der Waals surface area contributed by atoms with Gasteiger partial charge in [-0.2, -0.15) is 0 Å². The molecule has 17 heteroatoms. The molecule has 0 bridgehead atoms. The summed E-state index contributed by atoms with van der Waals surface area (Å²) in [5.74, 6) is 0.844. The van der Waals surface area contributed by atoms with E-state index in [1.807, 2.05) is 41.1 Å². The molecule has 3 N–H and O–H groups in total. The molecule has 0 fully saturated rings. The minimum absolute atomic E-state index is 0. The Morgan fingerprint density at radius 1 is 0.745 bits per heavy atom. The van der Waals surface area contributed by atoms with Crippen LogP contribution in [0.1, 0.15) is 40.2 Å². The van der Waals surface area contributed by atoms with Gasteiger partial charge in [-0.15, -0.1) is 39.7 Å². The number of hydrogen-bond donors (Lipinski definition) is 2.